The molecule has 2 amide bonds. The molecule has 3 aliphatic rings. The lowest BCUT2D eigenvalue weighted by atomic mass is 9.88. The second kappa shape index (κ2) is 17.4. The van der Waals surface area contributed by atoms with Crippen LogP contribution in [0.1, 0.15) is 74.8 Å². The molecule has 3 aromatic carbocycles. The molecule has 3 aliphatic heterocycles. The zero-order valence-electron chi connectivity index (χ0n) is 33.1. The van der Waals surface area contributed by atoms with E-state index in [-0.39, 0.29) is 41.1 Å². The summed E-state index contributed by atoms with van der Waals surface area (Å²) in [4.78, 5) is 32.6. The Labute approximate surface area is 343 Å². The second-order valence-electron chi connectivity index (χ2n) is 16.0. The van der Waals surface area contributed by atoms with Crippen LogP contribution in [0.15, 0.2) is 91.4 Å². The number of benzene rings is 3. The number of halogens is 2. The Kier molecular flexibility index (Phi) is 11.9. The average molecular weight is 822 g/mol. The SMILES string of the molecule is CCCS(=O)(=O)Nc1cccc(-c2cn(-c3ccc(C4CCN(CC5CCN(c6ccc([C@@H]7CCC(=O)NC7=O)cc6F)CC5)CC4)cc3)nc2-c2ccncc2)c1F. The van der Waals surface area contributed by atoms with Crippen LogP contribution >= 0.6 is 0 Å². The molecule has 308 valence electrons. The van der Waals surface area contributed by atoms with Gasteiger partial charge in [0.1, 0.15) is 11.5 Å². The molecule has 0 bridgehead atoms. The smallest absolute Gasteiger partial charge is 0.234 e. The summed E-state index contributed by atoms with van der Waals surface area (Å²) in [7, 11) is -3.70. The summed E-state index contributed by atoms with van der Waals surface area (Å²) in [5, 5.41) is 7.25. The molecule has 14 heteroatoms. The standard InChI is InChI=1S/C45H49F2N7O4S/c1-2-26-59(57,58)51-40-5-3-4-37(43(40)47)38-29-54(50-44(38)33-14-20-48-21-15-33)35-9-6-31(7-10-35)32-18-22-52(23-19-32)28-30-16-24-53(25-17-30)41-12-8-34(27-39(41)46)36-11-13-42(55)49-45(36)56/h3-10,12,14-15,20-21,27,29-30,32,36,51H,2,11,13,16-19,22-26,28H2,1H3,(H,49,55,56)/t36-/m0/s1. The van der Waals surface area contributed by atoms with Crippen LogP contribution in [0.25, 0.3) is 28.1 Å². The molecule has 11 nitrogen and oxygen atoms in total. The number of rotatable bonds is 12. The topological polar surface area (TPSA) is 130 Å². The Balaban J connectivity index is 0.878. The van der Waals surface area contributed by atoms with Gasteiger partial charge in [-0.2, -0.15) is 5.10 Å². The van der Waals surface area contributed by atoms with Gasteiger partial charge >= 0.3 is 0 Å². The third-order valence-electron chi connectivity index (χ3n) is 12.0. The lowest BCUT2D eigenvalue weighted by Gasteiger charge is -2.38. The zero-order valence-corrected chi connectivity index (χ0v) is 33.9. The third-order valence-corrected chi connectivity index (χ3v) is 13.5. The summed E-state index contributed by atoms with van der Waals surface area (Å²) in [6.45, 7) is 6.39. The Morgan fingerprint density at radius 3 is 2.27 bits per heavy atom. The number of hydrogen-bond donors (Lipinski definition) is 2. The summed E-state index contributed by atoms with van der Waals surface area (Å²) >= 11 is 0. The molecule has 3 fully saturated rings. The number of piperidine rings is 3. The predicted molar refractivity (Wildman–Crippen MR) is 225 cm³/mol. The molecule has 5 heterocycles. The fourth-order valence-corrected chi connectivity index (χ4v) is 9.94. The minimum atomic E-state index is -3.70. The lowest BCUT2D eigenvalue weighted by Crippen LogP contribution is -2.41. The number of hydrogen-bond acceptors (Lipinski definition) is 8. The van der Waals surface area contributed by atoms with Gasteiger partial charge in [-0.15, -0.1) is 0 Å². The first kappa shape index (κ1) is 40.3. The van der Waals surface area contributed by atoms with Gasteiger partial charge in [0, 0.05) is 61.3 Å². The van der Waals surface area contributed by atoms with Gasteiger partial charge < -0.3 is 9.80 Å². The number of anilines is 2. The van der Waals surface area contributed by atoms with Crippen LogP contribution in [0.2, 0.25) is 0 Å². The fraction of sp³-hybridized carbons (Fsp3) is 0.378. The van der Waals surface area contributed by atoms with Crippen LogP contribution in [0.3, 0.4) is 0 Å². The van der Waals surface area contributed by atoms with Crippen LogP contribution in [0, 0.1) is 17.6 Å². The van der Waals surface area contributed by atoms with E-state index in [1.54, 1.807) is 48.4 Å². The number of carbonyl (C=O) groups is 2. The molecule has 2 aromatic heterocycles. The van der Waals surface area contributed by atoms with Crippen molar-refractivity contribution < 1.29 is 26.8 Å². The van der Waals surface area contributed by atoms with E-state index in [1.165, 1.54) is 17.7 Å². The van der Waals surface area contributed by atoms with E-state index in [4.69, 9.17) is 5.10 Å². The number of nitrogens with zero attached hydrogens (tertiary/aromatic N) is 5. The van der Waals surface area contributed by atoms with Crippen molar-refractivity contribution in [3.8, 4) is 28.1 Å². The van der Waals surface area contributed by atoms with E-state index in [1.807, 2.05) is 30.3 Å². The minimum absolute atomic E-state index is 0.102. The van der Waals surface area contributed by atoms with E-state index in [0.717, 1.165) is 69.7 Å². The van der Waals surface area contributed by atoms with Crippen molar-refractivity contribution in [2.75, 3.05) is 48.1 Å². The monoisotopic (exact) mass is 821 g/mol. The highest BCUT2D eigenvalue weighted by molar-refractivity contribution is 7.92. The molecule has 0 aliphatic carbocycles. The first-order valence-electron chi connectivity index (χ1n) is 20.6. The predicted octanol–water partition coefficient (Wildman–Crippen LogP) is 7.65. The molecule has 5 aromatic rings. The normalized spacial score (nSPS) is 18.6. The third kappa shape index (κ3) is 9.08. The van der Waals surface area contributed by atoms with Gasteiger partial charge in [-0.3, -0.25) is 24.6 Å². The number of imide groups is 1. The molecule has 0 saturated carbocycles. The number of amides is 2. The molecule has 1 atom stereocenters. The number of sulfonamides is 1. The highest BCUT2D eigenvalue weighted by Crippen LogP contribution is 2.37. The fourth-order valence-electron chi connectivity index (χ4n) is 8.81. The molecule has 8 rings (SSSR count). The highest BCUT2D eigenvalue weighted by Gasteiger charge is 2.30. The maximum Gasteiger partial charge on any atom is 0.234 e. The number of pyridine rings is 1. The number of likely N-dealkylation sites (tertiary alicyclic amines) is 1. The Hall–Kier alpha value is -5.47. The molecule has 59 heavy (non-hydrogen) atoms. The largest absolute Gasteiger partial charge is 0.369 e. The summed E-state index contributed by atoms with van der Waals surface area (Å²) in [6.07, 6.45) is 10.3. The molecular formula is C45H49F2N7O4S. The van der Waals surface area contributed by atoms with E-state index < -0.39 is 21.8 Å². The first-order valence-corrected chi connectivity index (χ1v) is 22.2. The van der Waals surface area contributed by atoms with Crippen molar-refractivity contribution in [2.24, 2.45) is 5.92 Å². The number of nitrogens with one attached hydrogen (secondary N) is 2. The minimum Gasteiger partial charge on any atom is -0.369 e. The molecule has 0 radical (unpaired) electrons. The van der Waals surface area contributed by atoms with Crippen molar-refractivity contribution in [1.82, 2.24) is 25.0 Å². The van der Waals surface area contributed by atoms with Gasteiger partial charge in [-0.05, 0) is 117 Å². The first-order chi connectivity index (χ1) is 28.5. The maximum absolute atomic E-state index is 16.0. The highest BCUT2D eigenvalue weighted by atomic mass is 32.2. The molecular weight excluding hydrogens is 773 g/mol. The molecule has 3 saturated heterocycles. The zero-order chi connectivity index (χ0) is 41.1. The van der Waals surface area contributed by atoms with Gasteiger partial charge in [0.05, 0.1) is 28.7 Å². The van der Waals surface area contributed by atoms with Crippen LogP contribution in [-0.2, 0) is 19.6 Å². The number of carbonyl (C=O) groups excluding carboxylic acids is 2. The van der Waals surface area contributed by atoms with E-state index in [9.17, 15) is 18.0 Å². The van der Waals surface area contributed by atoms with Gasteiger partial charge in [0.2, 0.25) is 21.8 Å². The Morgan fingerprint density at radius 2 is 1.58 bits per heavy atom. The van der Waals surface area contributed by atoms with Crippen LogP contribution in [0.5, 0.6) is 0 Å². The molecule has 0 unspecified atom stereocenters. The van der Waals surface area contributed by atoms with E-state index in [2.05, 4.69) is 37.0 Å². The van der Waals surface area contributed by atoms with Gasteiger partial charge in [-0.1, -0.05) is 37.3 Å². The van der Waals surface area contributed by atoms with Gasteiger partial charge in [0.25, 0.3) is 0 Å². The summed E-state index contributed by atoms with van der Waals surface area (Å²) in [5.74, 6) is -1.24. The summed E-state index contributed by atoms with van der Waals surface area (Å²) in [5.41, 5.74) is 5.25. The maximum atomic E-state index is 16.0. The van der Waals surface area contributed by atoms with Crippen LogP contribution in [0.4, 0.5) is 20.2 Å². The van der Waals surface area contributed by atoms with Crippen molar-refractivity contribution in [3.63, 3.8) is 0 Å². The average Bonchev–Trinajstić information content (AvgIpc) is 3.68. The van der Waals surface area contributed by atoms with E-state index in [0.29, 0.717) is 47.2 Å². The Bertz CT molecular complexity index is 2410. The van der Waals surface area contributed by atoms with Crippen LogP contribution in [-0.4, -0.2) is 78.4 Å². The lowest BCUT2D eigenvalue weighted by molar-refractivity contribution is -0.134. The summed E-state index contributed by atoms with van der Waals surface area (Å²) in [6, 6.07) is 21.8. The van der Waals surface area contributed by atoms with Crippen molar-refractivity contribution in [1.29, 1.82) is 0 Å². The van der Waals surface area contributed by atoms with Crippen molar-refractivity contribution >= 4 is 33.2 Å². The second-order valence-corrected chi connectivity index (χ2v) is 17.8. The van der Waals surface area contributed by atoms with Gasteiger partial charge in [0.15, 0.2) is 5.82 Å². The van der Waals surface area contributed by atoms with Crippen molar-refractivity contribution in [2.45, 2.75) is 63.7 Å². The van der Waals surface area contributed by atoms with Crippen LogP contribution < -0.4 is 14.9 Å². The van der Waals surface area contributed by atoms with E-state index >= 15 is 8.78 Å². The van der Waals surface area contributed by atoms with Crippen molar-refractivity contribution in [3.05, 3.63) is 114 Å². The molecule has 0 spiro atoms. The number of aromatic nitrogens is 3. The summed E-state index contributed by atoms with van der Waals surface area (Å²) < 4.78 is 60.5. The quantitative estimate of drug-likeness (QED) is 0.123. The van der Waals surface area contributed by atoms with Gasteiger partial charge in [-0.25, -0.2) is 21.9 Å². The molecule has 2 N–H and O–H groups in total. The Morgan fingerprint density at radius 1 is 0.847 bits per heavy atom.